The zero-order valence-electron chi connectivity index (χ0n) is 13.9. The Kier molecular flexibility index (Phi) is 4.21. The molecule has 0 atom stereocenters. The highest BCUT2D eigenvalue weighted by molar-refractivity contribution is 6.04. The predicted molar refractivity (Wildman–Crippen MR) is 96.0 cm³/mol. The van der Waals surface area contributed by atoms with Crippen molar-refractivity contribution in [3.63, 3.8) is 0 Å². The maximum absolute atomic E-state index is 13.3. The van der Waals surface area contributed by atoms with E-state index >= 15 is 0 Å². The van der Waals surface area contributed by atoms with Gasteiger partial charge in [0.1, 0.15) is 0 Å². The van der Waals surface area contributed by atoms with Crippen LogP contribution in [0.4, 0.5) is 14.5 Å². The molecule has 0 bridgehead atoms. The van der Waals surface area contributed by atoms with Crippen LogP contribution in [0.3, 0.4) is 0 Å². The number of carbonyl (C=O) groups excluding carboxylic acids is 1. The van der Waals surface area contributed by atoms with Gasteiger partial charge in [-0.25, -0.2) is 8.78 Å². The first kappa shape index (κ1) is 16.4. The summed E-state index contributed by atoms with van der Waals surface area (Å²) in [6.45, 7) is 0. The Morgan fingerprint density at radius 2 is 1.77 bits per heavy atom. The number of pyridine rings is 1. The zero-order valence-corrected chi connectivity index (χ0v) is 13.9. The molecule has 0 fully saturated rings. The van der Waals surface area contributed by atoms with Crippen molar-refractivity contribution in [2.45, 2.75) is 19.3 Å². The Balaban J connectivity index is 1.51. The van der Waals surface area contributed by atoms with Gasteiger partial charge in [0.15, 0.2) is 11.6 Å². The molecule has 0 aliphatic heterocycles. The van der Waals surface area contributed by atoms with Gasteiger partial charge in [0.25, 0.3) is 5.91 Å². The number of rotatable bonds is 3. The number of amides is 1. The Labute approximate surface area is 149 Å². The number of aromatic nitrogens is 1. The lowest BCUT2D eigenvalue weighted by Crippen LogP contribution is -2.12. The normalized spacial score (nSPS) is 12.7. The monoisotopic (exact) mass is 350 g/mol. The molecule has 0 saturated heterocycles. The Bertz CT molecular complexity index is 984. The smallest absolute Gasteiger partial charge is 0.257 e. The van der Waals surface area contributed by atoms with Gasteiger partial charge in [0.2, 0.25) is 0 Å². The molecule has 26 heavy (non-hydrogen) atoms. The lowest BCUT2D eigenvalue weighted by molar-refractivity contribution is 0.102. The minimum absolute atomic E-state index is 0.257. The summed E-state index contributed by atoms with van der Waals surface area (Å²) in [5.74, 6) is -2.09. The third-order valence-electron chi connectivity index (χ3n) is 4.60. The highest BCUT2D eigenvalue weighted by Gasteiger charge is 2.13. The molecule has 1 amide bonds. The molecule has 3 nitrogen and oxygen atoms in total. The van der Waals surface area contributed by atoms with Gasteiger partial charge in [0, 0.05) is 17.4 Å². The van der Waals surface area contributed by atoms with Crippen molar-refractivity contribution in [3.8, 4) is 11.3 Å². The molecule has 1 aromatic heterocycles. The number of anilines is 1. The second-order valence-electron chi connectivity index (χ2n) is 6.35. The molecule has 130 valence electrons. The van der Waals surface area contributed by atoms with Crippen LogP contribution in [0.5, 0.6) is 0 Å². The summed E-state index contributed by atoms with van der Waals surface area (Å²) < 4.78 is 26.4. The number of hydrogen-bond donors (Lipinski definition) is 1. The van der Waals surface area contributed by atoms with Crippen LogP contribution in [0.2, 0.25) is 0 Å². The summed E-state index contributed by atoms with van der Waals surface area (Å²) in [7, 11) is 0. The number of nitrogens with zero attached hydrogens (tertiary/aromatic N) is 1. The second kappa shape index (κ2) is 6.67. The van der Waals surface area contributed by atoms with Crippen molar-refractivity contribution in [1.82, 2.24) is 4.98 Å². The molecule has 3 aromatic rings. The molecule has 1 heterocycles. The topological polar surface area (TPSA) is 42.0 Å². The van der Waals surface area contributed by atoms with Gasteiger partial charge in [-0.1, -0.05) is 6.07 Å². The van der Waals surface area contributed by atoms with Crippen LogP contribution in [0.15, 0.2) is 54.7 Å². The number of carbonyl (C=O) groups is 1. The summed E-state index contributed by atoms with van der Waals surface area (Å²) in [5.41, 5.74) is 4.72. The van der Waals surface area contributed by atoms with E-state index in [1.165, 1.54) is 23.4 Å². The highest BCUT2D eigenvalue weighted by Crippen LogP contribution is 2.25. The Morgan fingerprint density at radius 1 is 0.923 bits per heavy atom. The average Bonchev–Trinajstić information content (AvgIpc) is 3.12. The summed E-state index contributed by atoms with van der Waals surface area (Å²) in [5, 5.41) is 2.88. The lowest BCUT2D eigenvalue weighted by Gasteiger charge is -2.08. The van der Waals surface area contributed by atoms with Crippen LogP contribution in [0, 0.1) is 11.6 Å². The first-order valence-corrected chi connectivity index (χ1v) is 8.45. The summed E-state index contributed by atoms with van der Waals surface area (Å²) >= 11 is 0. The van der Waals surface area contributed by atoms with Gasteiger partial charge in [-0.05, 0) is 72.9 Å². The third-order valence-corrected chi connectivity index (χ3v) is 4.60. The zero-order chi connectivity index (χ0) is 18.1. The molecule has 4 rings (SSSR count). The van der Waals surface area contributed by atoms with E-state index in [4.69, 9.17) is 0 Å². The van der Waals surface area contributed by atoms with E-state index in [-0.39, 0.29) is 5.91 Å². The van der Waals surface area contributed by atoms with Crippen molar-refractivity contribution < 1.29 is 13.6 Å². The van der Waals surface area contributed by atoms with Crippen molar-refractivity contribution in [3.05, 3.63) is 83.1 Å². The predicted octanol–water partition coefficient (Wildman–Crippen LogP) is 4.77. The van der Waals surface area contributed by atoms with Crippen LogP contribution in [-0.2, 0) is 12.8 Å². The maximum Gasteiger partial charge on any atom is 0.257 e. The van der Waals surface area contributed by atoms with Gasteiger partial charge in [-0.3, -0.25) is 9.78 Å². The number of halogens is 2. The Hall–Kier alpha value is -3.08. The number of fused-ring (bicyclic) bond motifs is 1. The number of aryl methyl sites for hydroxylation is 2. The standard InChI is InChI=1S/C21H16F2N2O/c22-18-8-5-15(11-19(18)23)20-9-6-16(12-24-20)21(26)25-17-7-4-13-2-1-3-14(13)10-17/h4-12H,1-3H2,(H,25,26). The second-order valence-corrected chi connectivity index (χ2v) is 6.35. The van der Waals surface area contributed by atoms with Gasteiger partial charge < -0.3 is 5.32 Å². The van der Waals surface area contributed by atoms with Gasteiger partial charge >= 0.3 is 0 Å². The highest BCUT2D eigenvalue weighted by atomic mass is 19.2. The molecule has 0 spiro atoms. The first-order chi connectivity index (χ1) is 12.6. The van der Waals surface area contributed by atoms with E-state index in [9.17, 15) is 13.6 Å². The summed E-state index contributed by atoms with van der Waals surface area (Å²) in [6.07, 6.45) is 4.73. The molecule has 0 saturated carbocycles. The van der Waals surface area contributed by atoms with E-state index in [2.05, 4.69) is 16.4 Å². The minimum atomic E-state index is -0.928. The van der Waals surface area contributed by atoms with E-state index in [0.717, 1.165) is 37.1 Å². The molecular formula is C21H16F2N2O. The molecule has 5 heteroatoms. The largest absolute Gasteiger partial charge is 0.322 e. The molecule has 1 aliphatic carbocycles. The van der Waals surface area contributed by atoms with Crippen LogP contribution >= 0.6 is 0 Å². The first-order valence-electron chi connectivity index (χ1n) is 8.45. The van der Waals surface area contributed by atoms with Crippen molar-refractivity contribution in [1.29, 1.82) is 0 Å². The van der Waals surface area contributed by atoms with Crippen LogP contribution in [0.1, 0.15) is 27.9 Å². The van der Waals surface area contributed by atoms with Crippen molar-refractivity contribution >= 4 is 11.6 Å². The van der Waals surface area contributed by atoms with E-state index in [1.54, 1.807) is 12.1 Å². The molecule has 1 N–H and O–H groups in total. The lowest BCUT2D eigenvalue weighted by atomic mass is 10.1. The fourth-order valence-corrected chi connectivity index (χ4v) is 3.21. The number of benzene rings is 2. The average molecular weight is 350 g/mol. The van der Waals surface area contributed by atoms with E-state index in [1.807, 2.05) is 12.1 Å². The number of hydrogen-bond acceptors (Lipinski definition) is 2. The van der Waals surface area contributed by atoms with Gasteiger partial charge in [-0.2, -0.15) is 0 Å². The fraction of sp³-hybridized carbons (Fsp3) is 0.143. The van der Waals surface area contributed by atoms with Crippen LogP contribution in [0.25, 0.3) is 11.3 Å². The van der Waals surface area contributed by atoms with Crippen LogP contribution in [-0.4, -0.2) is 10.9 Å². The van der Waals surface area contributed by atoms with E-state index < -0.39 is 11.6 Å². The van der Waals surface area contributed by atoms with E-state index in [0.29, 0.717) is 16.8 Å². The van der Waals surface area contributed by atoms with Crippen LogP contribution < -0.4 is 5.32 Å². The molecule has 0 unspecified atom stereocenters. The molecule has 2 aromatic carbocycles. The fourth-order valence-electron chi connectivity index (χ4n) is 3.21. The number of nitrogens with one attached hydrogen (secondary N) is 1. The SMILES string of the molecule is O=C(Nc1ccc2c(c1)CCC2)c1ccc(-c2ccc(F)c(F)c2)nc1. The molecular weight excluding hydrogens is 334 g/mol. The molecule has 0 radical (unpaired) electrons. The Morgan fingerprint density at radius 3 is 2.54 bits per heavy atom. The maximum atomic E-state index is 13.3. The van der Waals surface area contributed by atoms with Gasteiger partial charge in [-0.15, -0.1) is 0 Å². The van der Waals surface area contributed by atoms with Gasteiger partial charge in [0.05, 0.1) is 11.3 Å². The quantitative estimate of drug-likeness (QED) is 0.739. The summed E-state index contributed by atoms with van der Waals surface area (Å²) in [4.78, 5) is 16.6. The minimum Gasteiger partial charge on any atom is -0.322 e. The third kappa shape index (κ3) is 3.20. The van der Waals surface area contributed by atoms with Crippen molar-refractivity contribution in [2.75, 3.05) is 5.32 Å². The molecule has 1 aliphatic rings. The summed E-state index contributed by atoms with van der Waals surface area (Å²) in [6, 6.07) is 12.8. The van der Waals surface area contributed by atoms with Crippen molar-refractivity contribution in [2.24, 2.45) is 0 Å².